The fourth-order valence-electron chi connectivity index (χ4n) is 3.56. The Balaban J connectivity index is 1.74. The number of nitrogens with zero attached hydrogens (tertiary/aromatic N) is 2. The quantitative estimate of drug-likeness (QED) is 0.653. The number of rotatable bonds is 4. The number of halogens is 1. The third-order valence-corrected chi connectivity index (χ3v) is 6.55. The highest BCUT2D eigenvalue weighted by molar-refractivity contribution is 7.93. The molecule has 3 rings (SSSR count). The maximum Gasteiger partial charge on any atom is 0.262 e. The number of carbonyl (C=O) groups is 2. The Morgan fingerprint density at radius 3 is 2.43 bits per heavy atom. The molecule has 0 spiro atoms. The fourth-order valence-corrected chi connectivity index (χ4v) is 4.79. The molecular formula is C17H23FN4O5S. The number of sulfonamides is 1. The lowest BCUT2D eigenvalue weighted by molar-refractivity contribution is -0.117. The molecule has 0 atom stereocenters. The molecule has 1 aromatic rings. The minimum absolute atomic E-state index is 0.0492. The summed E-state index contributed by atoms with van der Waals surface area (Å²) < 4.78 is 38.6. The smallest absolute Gasteiger partial charge is 0.262 e. The van der Waals surface area contributed by atoms with Crippen LogP contribution in [0.1, 0.15) is 36.0 Å². The molecule has 0 bridgehead atoms. The molecule has 1 aromatic carbocycles. The van der Waals surface area contributed by atoms with Gasteiger partial charge in [0.1, 0.15) is 5.75 Å². The number of carbonyl (C=O) groups excluding carboxylic acids is 2. The highest BCUT2D eigenvalue weighted by atomic mass is 32.2. The molecular weight excluding hydrogens is 391 g/mol. The highest BCUT2D eigenvalue weighted by Crippen LogP contribution is 2.34. The van der Waals surface area contributed by atoms with Gasteiger partial charge in [-0.15, -0.1) is 0 Å². The van der Waals surface area contributed by atoms with E-state index in [0.29, 0.717) is 10.5 Å². The van der Waals surface area contributed by atoms with Gasteiger partial charge in [0.25, 0.3) is 21.8 Å². The first-order chi connectivity index (χ1) is 13.1. The Labute approximate surface area is 162 Å². The van der Waals surface area contributed by atoms with Gasteiger partial charge >= 0.3 is 0 Å². The number of amides is 2. The van der Waals surface area contributed by atoms with Gasteiger partial charge in [-0.05, 0) is 51.9 Å². The Bertz CT molecular complexity index is 874. The van der Waals surface area contributed by atoms with E-state index in [0.717, 1.165) is 37.8 Å². The number of nitrogens with one attached hydrogen (secondary N) is 2. The van der Waals surface area contributed by atoms with Crippen molar-refractivity contribution in [3.05, 3.63) is 23.5 Å². The molecule has 28 heavy (non-hydrogen) atoms. The van der Waals surface area contributed by atoms with Crippen LogP contribution in [0.2, 0.25) is 0 Å². The first kappa shape index (κ1) is 20.3. The summed E-state index contributed by atoms with van der Waals surface area (Å²) in [5.74, 6) is -4.13. The number of phenols is 1. The summed E-state index contributed by atoms with van der Waals surface area (Å²) in [5, 5.41) is 12.9. The van der Waals surface area contributed by atoms with Crippen molar-refractivity contribution in [1.29, 1.82) is 0 Å². The van der Waals surface area contributed by atoms with Crippen molar-refractivity contribution in [1.82, 2.24) is 15.6 Å². The Hall–Kier alpha value is -2.40. The number of phenolic OH excluding ortho intramolecular Hbond substituents is 1. The lowest BCUT2D eigenvalue weighted by Gasteiger charge is -2.33. The average molecular weight is 414 g/mol. The maximum atomic E-state index is 14.5. The summed E-state index contributed by atoms with van der Waals surface area (Å²) in [5.41, 5.74) is 1.13. The van der Waals surface area contributed by atoms with E-state index in [-0.39, 0.29) is 11.6 Å². The van der Waals surface area contributed by atoms with Gasteiger partial charge in [0.15, 0.2) is 17.3 Å². The SMILES string of the molecule is CN(C)[C@H]1CC[C@H](NC(=O)c2cc(O)c(N3NC(=O)CS3(=O)=O)c(F)c2)CC1. The van der Waals surface area contributed by atoms with Crippen LogP contribution in [0.5, 0.6) is 5.75 Å². The van der Waals surface area contributed by atoms with Gasteiger partial charge in [-0.2, -0.15) is 4.41 Å². The normalized spacial score (nSPS) is 24.3. The zero-order valence-electron chi connectivity index (χ0n) is 15.6. The average Bonchev–Trinajstić information content (AvgIpc) is 2.86. The second-order valence-electron chi connectivity index (χ2n) is 7.32. The first-order valence-corrected chi connectivity index (χ1v) is 10.5. The van der Waals surface area contributed by atoms with Crippen LogP contribution in [-0.2, 0) is 14.8 Å². The number of aromatic hydroxyl groups is 1. The fraction of sp³-hybridized carbons (Fsp3) is 0.529. The molecule has 2 amide bonds. The van der Waals surface area contributed by atoms with Crippen LogP contribution in [0, 0.1) is 5.82 Å². The van der Waals surface area contributed by atoms with Gasteiger partial charge in [0.05, 0.1) is 0 Å². The summed E-state index contributed by atoms with van der Waals surface area (Å²) in [6.45, 7) is 0. The molecule has 3 N–H and O–H groups in total. The Kier molecular flexibility index (Phi) is 5.48. The van der Waals surface area contributed by atoms with Crippen LogP contribution in [0.4, 0.5) is 10.1 Å². The zero-order valence-corrected chi connectivity index (χ0v) is 16.4. The molecule has 2 fully saturated rings. The summed E-state index contributed by atoms with van der Waals surface area (Å²) >= 11 is 0. The molecule has 0 radical (unpaired) electrons. The van der Waals surface area contributed by atoms with Crippen molar-refractivity contribution >= 4 is 27.5 Å². The van der Waals surface area contributed by atoms with Crippen LogP contribution in [0.3, 0.4) is 0 Å². The van der Waals surface area contributed by atoms with Gasteiger partial charge in [-0.25, -0.2) is 12.8 Å². The van der Waals surface area contributed by atoms with E-state index >= 15 is 0 Å². The van der Waals surface area contributed by atoms with Crippen LogP contribution in [-0.4, -0.2) is 62.2 Å². The van der Waals surface area contributed by atoms with Crippen molar-refractivity contribution in [3.63, 3.8) is 0 Å². The molecule has 0 aromatic heterocycles. The summed E-state index contributed by atoms with van der Waals surface area (Å²) in [7, 11) is -0.107. The van der Waals surface area contributed by atoms with Crippen molar-refractivity contribution in [2.75, 3.05) is 24.3 Å². The van der Waals surface area contributed by atoms with Crippen molar-refractivity contribution in [2.45, 2.75) is 37.8 Å². The van der Waals surface area contributed by atoms with E-state index in [1.165, 1.54) is 0 Å². The number of benzene rings is 1. The van der Waals surface area contributed by atoms with Gasteiger partial charge < -0.3 is 15.3 Å². The van der Waals surface area contributed by atoms with E-state index in [1.54, 1.807) is 0 Å². The minimum Gasteiger partial charge on any atom is -0.506 e. The maximum absolute atomic E-state index is 14.5. The van der Waals surface area contributed by atoms with Gasteiger partial charge in [-0.1, -0.05) is 0 Å². The largest absolute Gasteiger partial charge is 0.506 e. The molecule has 1 heterocycles. The molecule has 9 nitrogen and oxygen atoms in total. The number of hydrogen-bond acceptors (Lipinski definition) is 6. The monoisotopic (exact) mass is 414 g/mol. The molecule has 11 heteroatoms. The molecule has 0 unspecified atom stereocenters. The minimum atomic E-state index is -4.13. The van der Waals surface area contributed by atoms with Crippen LogP contribution in [0.15, 0.2) is 12.1 Å². The van der Waals surface area contributed by atoms with Gasteiger partial charge in [0, 0.05) is 17.6 Å². The Morgan fingerprint density at radius 2 is 1.93 bits per heavy atom. The molecule has 1 saturated carbocycles. The second kappa shape index (κ2) is 7.55. The van der Waals surface area contributed by atoms with Crippen LogP contribution in [0.25, 0.3) is 0 Å². The van der Waals surface area contributed by atoms with E-state index < -0.39 is 44.8 Å². The van der Waals surface area contributed by atoms with E-state index in [4.69, 9.17) is 0 Å². The molecule has 154 valence electrons. The van der Waals surface area contributed by atoms with E-state index in [2.05, 4.69) is 10.2 Å². The van der Waals surface area contributed by atoms with Gasteiger partial charge in [-0.3, -0.25) is 15.0 Å². The lowest BCUT2D eigenvalue weighted by atomic mass is 9.90. The standard InChI is InChI=1S/C17H23FN4O5S/c1-21(2)12-5-3-11(4-6-12)19-17(25)10-7-13(18)16(14(23)8-10)22-20-15(24)9-28(22,26)27/h7-8,11-12,23H,3-6,9H2,1-2H3,(H,19,25)(H,20,24)/t11-,12-. The van der Waals surface area contributed by atoms with Crippen LogP contribution >= 0.6 is 0 Å². The van der Waals surface area contributed by atoms with Crippen molar-refractivity contribution in [3.8, 4) is 5.75 Å². The first-order valence-electron chi connectivity index (χ1n) is 8.91. The third-order valence-electron chi connectivity index (χ3n) is 5.09. The highest BCUT2D eigenvalue weighted by Gasteiger charge is 2.38. The van der Waals surface area contributed by atoms with Crippen molar-refractivity contribution in [2.24, 2.45) is 0 Å². The summed E-state index contributed by atoms with van der Waals surface area (Å²) in [6, 6.07) is 2.24. The van der Waals surface area contributed by atoms with E-state index in [1.807, 2.05) is 19.5 Å². The predicted molar refractivity (Wildman–Crippen MR) is 99.7 cm³/mol. The number of hydrazine groups is 1. The van der Waals surface area contributed by atoms with Crippen molar-refractivity contribution < 1.29 is 27.5 Å². The zero-order chi connectivity index (χ0) is 20.6. The molecule has 1 aliphatic heterocycles. The number of anilines is 1. The Morgan fingerprint density at radius 1 is 1.29 bits per heavy atom. The van der Waals surface area contributed by atoms with E-state index in [9.17, 15) is 27.5 Å². The van der Waals surface area contributed by atoms with Crippen LogP contribution < -0.4 is 15.2 Å². The number of hydrogen-bond donors (Lipinski definition) is 3. The topological polar surface area (TPSA) is 119 Å². The predicted octanol–water partition coefficient (Wildman–Crippen LogP) is 0.315. The summed E-state index contributed by atoms with van der Waals surface area (Å²) in [4.78, 5) is 25.9. The molecule has 1 saturated heterocycles. The molecule has 2 aliphatic rings. The lowest BCUT2D eigenvalue weighted by Crippen LogP contribution is -2.42. The molecule has 1 aliphatic carbocycles. The van der Waals surface area contributed by atoms with Gasteiger partial charge in [0.2, 0.25) is 0 Å². The second-order valence-corrected chi connectivity index (χ2v) is 9.14. The third kappa shape index (κ3) is 4.04. The summed E-state index contributed by atoms with van der Waals surface area (Å²) in [6.07, 6.45) is 3.45.